The molecule has 1 aliphatic heterocycles. The molecular formula is C16H25ClN2. The minimum atomic E-state index is 0.670. The van der Waals surface area contributed by atoms with E-state index in [4.69, 9.17) is 11.6 Å². The molecule has 1 N–H and O–H groups in total. The topological polar surface area (TPSA) is 15.3 Å². The maximum absolute atomic E-state index is 5.99. The Morgan fingerprint density at radius 1 is 1.32 bits per heavy atom. The lowest BCUT2D eigenvalue weighted by Crippen LogP contribution is -2.42. The molecule has 2 rings (SSSR count). The zero-order valence-electron chi connectivity index (χ0n) is 12.1. The number of likely N-dealkylation sites (tertiary alicyclic amines) is 1. The molecular weight excluding hydrogens is 256 g/mol. The van der Waals surface area contributed by atoms with Crippen LogP contribution in [0.5, 0.6) is 0 Å². The van der Waals surface area contributed by atoms with E-state index in [1.807, 2.05) is 12.1 Å². The van der Waals surface area contributed by atoms with Crippen LogP contribution in [0.3, 0.4) is 0 Å². The van der Waals surface area contributed by atoms with Gasteiger partial charge in [0.25, 0.3) is 0 Å². The molecule has 0 unspecified atom stereocenters. The molecule has 1 saturated heterocycles. The van der Waals surface area contributed by atoms with Crippen molar-refractivity contribution in [2.24, 2.45) is 0 Å². The van der Waals surface area contributed by atoms with E-state index in [-0.39, 0.29) is 0 Å². The number of hydrogen-bond donors (Lipinski definition) is 1. The van der Waals surface area contributed by atoms with Gasteiger partial charge in [0.2, 0.25) is 0 Å². The predicted octanol–water partition coefficient (Wildman–Crippen LogP) is 3.61. The second kappa shape index (κ2) is 7.28. The van der Waals surface area contributed by atoms with Crippen molar-refractivity contribution in [3.63, 3.8) is 0 Å². The monoisotopic (exact) mass is 280 g/mol. The van der Waals surface area contributed by atoms with E-state index in [1.165, 1.54) is 50.0 Å². The Morgan fingerprint density at radius 3 is 2.68 bits per heavy atom. The third-order valence-corrected chi connectivity index (χ3v) is 4.25. The number of hydrogen-bond acceptors (Lipinski definition) is 2. The Kier molecular flexibility index (Phi) is 5.68. The molecule has 1 aromatic carbocycles. The maximum Gasteiger partial charge on any atom is 0.0408 e. The van der Waals surface area contributed by atoms with Gasteiger partial charge in [0.05, 0.1) is 0 Å². The zero-order chi connectivity index (χ0) is 13.7. The molecule has 19 heavy (non-hydrogen) atoms. The number of nitrogens with one attached hydrogen (secondary N) is 1. The Labute approximate surface area is 122 Å². The van der Waals surface area contributed by atoms with Gasteiger partial charge in [-0.3, -0.25) is 0 Å². The number of rotatable bonds is 5. The lowest BCUT2D eigenvalue weighted by molar-refractivity contribution is 0.197. The third-order valence-electron chi connectivity index (χ3n) is 4.01. The molecule has 2 nitrogen and oxygen atoms in total. The highest BCUT2D eigenvalue weighted by Gasteiger charge is 2.17. The fourth-order valence-corrected chi connectivity index (χ4v) is 3.02. The van der Waals surface area contributed by atoms with E-state index in [2.05, 4.69) is 30.1 Å². The SMILES string of the molecule is CCCN1CCC(NCc2ccc(Cl)cc2C)CC1. The summed E-state index contributed by atoms with van der Waals surface area (Å²) in [7, 11) is 0. The maximum atomic E-state index is 5.99. The summed E-state index contributed by atoms with van der Waals surface area (Å²) in [6, 6.07) is 6.83. The summed E-state index contributed by atoms with van der Waals surface area (Å²) < 4.78 is 0. The third kappa shape index (κ3) is 4.48. The molecule has 0 spiro atoms. The molecule has 0 saturated carbocycles. The number of piperidine rings is 1. The van der Waals surface area contributed by atoms with Gasteiger partial charge in [-0.05, 0) is 69.1 Å². The summed E-state index contributed by atoms with van der Waals surface area (Å²) >= 11 is 5.99. The molecule has 1 aliphatic rings. The molecule has 0 aromatic heterocycles. The largest absolute Gasteiger partial charge is 0.310 e. The van der Waals surface area contributed by atoms with Crippen LogP contribution in [0.1, 0.15) is 37.3 Å². The molecule has 1 heterocycles. The van der Waals surface area contributed by atoms with Crippen molar-refractivity contribution in [2.45, 2.75) is 45.7 Å². The van der Waals surface area contributed by atoms with Gasteiger partial charge in [-0.15, -0.1) is 0 Å². The van der Waals surface area contributed by atoms with Crippen LogP contribution in [0.4, 0.5) is 0 Å². The fourth-order valence-electron chi connectivity index (χ4n) is 2.79. The van der Waals surface area contributed by atoms with Crippen molar-refractivity contribution in [1.82, 2.24) is 10.2 Å². The molecule has 0 atom stereocenters. The summed E-state index contributed by atoms with van der Waals surface area (Å²) in [5.41, 5.74) is 2.64. The molecule has 0 radical (unpaired) electrons. The zero-order valence-corrected chi connectivity index (χ0v) is 12.8. The molecule has 0 aliphatic carbocycles. The van der Waals surface area contributed by atoms with Gasteiger partial charge in [-0.2, -0.15) is 0 Å². The fraction of sp³-hybridized carbons (Fsp3) is 0.625. The first-order valence-corrected chi connectivity index (χ1v) is 7.77. The van der Waals surface area contributed by atoms with Crippen molar-refractivity contribution in [3.05, 3.63) is 34.3 Å². The van der Waals surface area contributed by atoms with Gasteiger partial charge in [0.1, 0.15) is 0 Å². The average molecular weight is 281 g/mol. The highest BCUT2D eigenvalue weighted by molar-refractivity contribution is 6.30. The van der Waals surface area contributed by atoms with Gasteiger partial charge in [0, 0.05) is 17.6 Å². The smallest absolute Gasteiger partial charge is 0.0408 e. The number of aryl methyl sites for hydroxylation is 1. The average Bonchev–Trinajstić information content (AvgIpc) is 2.40. The van der Waals surface area contributed by atoms with Crippen molar-refractivity contribution in [1.29, 1.82) is 0 Å². The second-order valence-electron chi connectivity index (χ2n) is 5.57. The molecule has 106 valence electrons. The highest BCUT2D eigenvalue weighted by atomic mass is 35.5. The lowest BCUT2D eigenvalue weighted by atomic mass is 10.0. The van der Waals surface area contributed by atoms with Gasteiger partial charge < -0.3 is 10.2 Å². The van der Waals surface area contributed by atoms with Crippen molar-refractivity contribution >= 4 is 11.6 Å². The van der Waals surface area contributed by atoms with Crippen LogP contribution in [-0.2, 0) is 6.54 Å². The van der Waals surface area contributed by atoms with Crippen LogP contribution >= 0.6 is 11.6 Å². The Hall–Kier alpha value is -0.570. The van der Waals surface area contributed by atoms with Gasteiger partial charge in [-0.1, -0.05) is 24.6 Å². The summed E-state index contributed by atoms with van der Waals surface area (Å²) in [6.07, 6.45) is 3.81. The molecule has 1 fully saturated rings. The summed E-state index contributed by atoms with van der Waals surface area (Å²) in [6.45, 7) is 9.08. The van der Waals surface area contributed by atoms with E-state index >= 15 is 0 Å². The molecule has 0 bridgehead atoms. The van der Waals surface area contributed by atoms with Crippen LogP contribution in [-0.4, -0.2) is 30.6 Å². The minimum Gasteiger partial charge on any atom is -0.310 e. The number of benzene rings is 1. The normalized spacial score (nSPS) is 17.8. The van der Waals surface area contributed by atoms with Gasteiger partial charge >= 0.3 is 0 Å². The van der Waals surface area contributed by atoms with Gasteiger partial charge in [0.15, 0.2) is 0 Å². The predicted molar refractivity (Wildman–Crippen MR) is 82.8 cm³/mol. The van der Waals surface area contributed by atoms with E-state index < -0.39 is 0 Å². The second-order valence-corrected chi connectivity index (χ2v) is 6.00. The van der Waals surface area contributed by atoms with Crippen LogP contribution < -0.4 is 5.32 Å². The van der Waals surface area contributed by atoms with Crippen LogP contribution in [0, 0.1) is 6.92 Å². The first kappa shape index (κ1) is 14.8. The lowest BCUT2D eigenvalue weighted by Gasteiger charge is -2.32. The van der Waals surface area contributed by atoms with Crippen LogP contribution in [0.2, 0.25) is 5.02 Å². The van der Waals surface area contributed by atoms with Crippen molar-refractivity contribution < 1.29 is 0 Å². The van der Waals surface area contributed by atoms with E-state index in [9.17, 15) is 0 Å². The summed E-state index contributed by atoms with van der Waals surface area (Å²) in [4.78, 5) is 2.58. The standard InChI is InChI=1S/C16H25ClN2/c1-3-8-19-9-6-16(7-10-19)18-12-14-4-5-15(17)11-13(14)2/h4-5,11,16,18H,3,6-10,12H2,1-2H3. The quantitative estimate of drug-likeness (QED) is 0.886. The summed E-state index contributed by atoms with van der Waals surface area (Å²) in [5, 5.41) is 4.52. The summed E-state index contributed by atoms with van der Waals surface area (Å²) in [5.74, 6) is 0. The highest BCUT2D eigenvalue weighted by Crippen LogP contribution is 2.16. The Morgan fingerprint density at radius 2 is 2.05 bits per heavy atom. The first-order chi connectivity index (χ1) is 9.19. The molecule has 0 amide bonds. The van der Waals surface area contributed by atoms with E-state index in [1.54, 1.807) is 0 Å². The molecule has 1 aromatic rings. The van der Waals surface area contributed by atoms with Gasteiger partial charge in [-0.25, -0.2) is 0 Å². The van der Waals surface area contributed by atoms with Crippen molar-refractivity contribution in [3.8, 4) is 0 Å². The Bertz CT molecular complexity index is 398. The van der Waals surface area contributed by atoms with Crippen molar-refractivity contribution in [2.75, 3.05) is 19.6 Å². The van der Waals surface area contributed by atoms with Crippen LogP contribution in [0.15, 0.2) is 18.2 Å². The Balaban J connectivity index is 1.77. The molecule has 3 heteroatoms. The number of halogens is 1. The first-order valence-electron chi connectivity index (χ1n) is 7.40. The number of nitrogens with zero attached hydrogens (tertiary/aromatic N) is 1. The van der Waals surface area contributed by atoms with E-state index in [0.717, 1.165) is 11.6 Å². The van der Waals surface area contributed by atoms with Crippen LogP contribution in [0.25, 0.3) is 0 Å². The van der Waals surface area contributed by atoms with E-state index in [0.29, 0.717) is 6.04 Å². The minimum absolute atomic E-state index is 0.670.